The summed E-state index contributed by atoms with van der Waals surface area (Å²) in [6, 6.07) is 16.4. The van der Waals surface area contributed by atoms with Gasteiger partial charge < -0.3 is 10.2 Å². The zero-order valence-corrected chi connectivity index (χ0v) is 10.8. The molecule has 0 radical (unpaired) electrons. The van der Waals surface area contributed by atoms with E-state index in [1.165, 1.54) is 16.2 Å². The average molecular weight is 262 g/mol. The zero-order valence-electron chi connectivity index (χ0n) is 10.8. The quantitative estimate of drug-likeness (QED) is 0.609. The maximum Gasteiger partial charge on any atom is 0.109 e. The van der Waals surface area contributed by atoms with Crippen molar-refractivity contribution in [3.63, 3.8) is 0 Å². The molecule has 0 fully saturated rings. The van der Waals surface area contributed by atoms with E-state index in [-0.39, 0.29) is 0 Å². The van der Waals surface area contributed by atoms with Crippen LogP contribution in [-0.2, 0) is 0 Å². The van der Waals surface area contributed by atoms with Crippen molar-refractivity contribution in [3.8, 4) is 0 Å². The van der Waals surface area contributed by atoms with Crippen molar-refractivity contribution in [3.05, 3.63) is 65.7 Å². The first-order valence-corrected chi connectivity index (χ1v) is 6.74. The summed E-state index contributed by atoms with van der Waals surface area (Å²) >= 11 is 0. The molecule has 1 aliphatic carbocycles. The number of aliphatic hydroxyl groups is 2. The lowest BCUT2D eigenvalue weighted by atomic mass is 9.88. The van der Waals surface area contributed by atoms with Crippen LogP contribution < -0.4 is 0 Å². The Labute approximate surface area is 116 Å². The van der Waals surface area contributed by atoms with Gasteiger partial charge in [-0.05, 0) is 32.7 Å². The Morgan fingerprint density at radius 2 is 1.55 bits per heavy atom. The van der Waals surface area contributed by atoms with Gasteiger partial charge in [0.05, 0.1) is 0 Å². The van der Waals surface area contributed by atoms with E-state index >= 15 is 0 Å². The fourth-order valence-corrected chi connectivity index (χ4v) is 3.06. The topological polar surface area (TPSA) is 40.5 Å². The lowest BCUT2D eigenvalue weighted by Gasteiger charge is -2.23. The van der Waals surface area contributed by atoms with E-state index in [0.29, 0.717) is 0 Å². The Kier molecular flexibility index (Phi) is 2.43. The molecule has 3 aromatic carbocycles. The van der Waals surface area contributed by atoms with E-state index < -0.39 is 12.2 Å². The van der Waals surface area contributed by atoms with Gasteiger partial charge in [-0.3, -0.25) is 0 Å². The van der Waals surface area contributed by atoms with Gasteiger partial charge in [-0.2, -0.15) is 0 Å². The number of aliphatic hydroxyl groups excluding tert-OH is 2. The third-order valence-corrected chi connectivity index (χ3v) is 4.10. The molecule has 0 aliphatic heterocycles. The fraction of sp³-hybridized carbons (Fsp3) is 0.111. The monoisotopic (exact) mass is 262 g/mol. The van der Waals surface area contributed by atoms with E-state index in [1.54, 1.807) is 6.08 Å². The van der Waals surface area contributed by atoms with Crippen molar-refractivity contribution in [1.29, 1.82) is 0 Å². The number of benzene rings is 3. The van der Waals surface area contributed by atoms with Gasteiger partial charge >= 0.3 is 0 Å². The Morgan fingerprint density at radius 3 is 2.45 bits per heavy atom. The summed E-state index contributed by atoms with van der Waals surface area (Å²) < 4.78 is 0. The number of fused-ring (bicyclic) bond motifs is 5. The van der Waals surface area contributed by atoms with Crippen LogP contribution in [0.4, 0.5) is 0 Å². The molecule has 1 aliphatic rings. The van der Waals surface area contributed by atoms with Crippen LogP contribution in [0.15, 0.2) is 54.6 Å². The fourth-order valence-electron chi connectivity index (χ4n) is 3.06. The molecule has 0 bridgehead atoms. The van der Waals surface area contributed by atoms with Crippen molar-refractivity contribution in [1.82, 2.24) is 0 Å². The minimum atomic E-state index is -0.842. The smallest absolute Gasteiger partial charge is 0.109 e. The van der Waals surface area contributed by atoms with Crippen LogP contribution in [0.25, 0.3) is 27.6 Å². The first kappa shape index (κ1) is 11.6. The highest BCUT2D eigenvalue weighted by atomic mass is 16.3. The Bertz CT molecular complexity index is 849. The Balaban J connectivity index is 2.12. The summed E-state index contributed by atoms with van der Waals surface area (Å²) in [5, 5.41) is 24.5. The van der Waals surface area contributed by atoms with Crippen molar-refractivity contribution in [2.24, 2.45) is 0 Å². The van der Waals surface area contributed by atoms with Crippen LogP contribution in [0.1, 0.15) is 17.2 Å². The second-order valence-corrected chi connectivity index (χ2v) is 5.24. The van der Waals surface area contributed by atoms with Crippen molar-refractivity contribution < 1.29 is 10.2 Å². The molecule has 4 rings (SSSR count). The lowest BCUT2D eigenvalue weighted by molar-refractivity contribution is 0.0471. The molecule has 2 atom stereocenters. The van der Waals surface area contributed by atoms with Gasteiger partial charge in [-0.1, -0.05) is 60.7 Å². The molecule has 0 aromatic heterocycles. The Morgan fingerprint density at radius 1 is 0.750 bits per heavy atom. The van der Waals surface area contributed by atoms with Crippen LogP contribution in [-0.4, -0.2) is 16.3 Å². The van der Waals surface area contributed by atoms with Crippen LogP contribution in [0.3, 0.4) is 0 Å². The second-order valence-electron chi connectivity index (χ2n) is 5.24. The molecule has 2 N–H and O–H groups in total. The van der Waals surface area contributed by atoms with Crippen molar-refractivity contribution >= 4 is 27.6 Å². The molecule has 0 amide bonds. The molecule has 2 heteroatoms. The van der Waals surface area contributed by atoms with Crippen LogP contribution in [0.2, 0.25) is 0 Å². The van der Waals surface area contributed by atoms with Crippen LogP contribution in [0.5, 0.6) is 0 Å². The lowest BCUT2D eigenvalue weighted by Crippen LogP contribution is -2.19. The summed E-state index contributed by atoms with van der Waals surface area (Å²) in [6.45, 7) is 0. The molecule has 2 nitrogen and oxygen atoms in total. The molecule has 20 heavy (non-hydrogen) atoms. The number of rotatable bonds is 0. The predicted octanol–water partition coefficient (Wildman–Crippen LogP) is 3.41. The van der Waals surface area contributed by atoms with Gasteiger partial charge in [0.1, 0.15) is 12.2 Å². The van der Waals surface area contributed by atoms with Gasteiger partial charge in [0.15, 0.2) is 0 Å². The highest BCUT2D eigenvalue weighted by molar-refractivity contribution is 6.10. The predicted molar refractivity (Wildman–Crippen MR) is 81.5 cm³/mol. The molecular weight excluding hydrogens is 248 g/mol. The van der Waals surface area contributed by atoms with Crippen LogP contribution in [0, 0.1) is 0 Å². The van der Waals surface area contributed by atoms with Crippen LogP contribution >= 0.6 is 0 Å². The molecular formula is C18H14O2. The highest BCUT2D eigenvalue weighted by Gasteiger charge is 2.23. The van der Waals surface area contributed by atoms with Gasteiger partial charge in [-0.25, -0.2) is 0 Å². The normalized spacial score (nSPS) is 21.3. The minimum absolute atomic E-state index is 0.794. The molecule has 3 aromatic rings. The average Bonchev–Trinajstić information content (AvgIpc) is 2.50. The first-order chi connectivity index (χ1) is 9.75. The van der Waals surface area contributed by atoms with Gasteiger partial charge in [0.2, 0.25) is 0 Å². The van der Waals surface area contributed by atoms with E-state index in [9.17, 15) is 10.2 Å². The largest absolute Gasteiger partial charge is 0.386 e. The molecule has 0 spiro atoms. The summed E-state index contributed by atoms with van der Waals surface area (Å²) in [5.41, 5.74) is 1.80. The zero-order chi connectivity index (χ0) is 13.7. The van der Waals surface area contributed by atoms with Gasteiger partial charge in [0.25, 0.3) is 0 Å². The third kappa shape index (κ3) is 1.52. The highest BCUT2D eigenvalue weighted by Crippen LogP contribution is 2.36. The van der Waals surface area contributed by atoms with Crippen molar-refractivity contribution in [2.45, 2.75) is 12.2 Å². The van der Waals surface area contributed by atoms with Crippen molar-refractivity contribution in [2.75, 3.05) is 0 Å². The van der Waals surface area contributed by atoms with Gasteiger partial charge in [0, 0.05) is 0 Å². The molecule has 0 saturated carbocycles. The first-order valence-electron chi connectivity index (χ1n) is 6.74. The second kappa shape index (κ2) is 4.17. The molecule has 0 saturated heterocycles. The maximum atomic E-state index is 10.1. The van der Waals surface area contributed by atoms with E-state index in [4.69, 9.17) is 0 Å². The summed E-state index contributed by atoms with van der Waals surface area (Å²) in [6.07, 6.45) is 1.90. The van der Waals surface area contributed by atoms with Gasteiger partial charge in [-0.15, -0.1) is 0 Å². The minimum Gasteiger partial charge on any atom is -0.386 e. The van der Waals surface area contributed by atoms with E-state index in [0.717, 1.165) is 16.5 Å². The van der Waals surface area contributed by atoms with E-state index in [1.807, 2.05) is 30.3 Å². The summed E-state index contributed by atoms with van der Waals surface area (Å²) in [4.78, 5) is 0. The molecule has 0 unspecified atom stereocenters. The third-order valence-electron chi connectivity index (χ3n) is 4.10. The number of hydrogen-bond donors (Lipinski definition) is 2. The summed E-state index contributed by atoms with van der Waals surface area (Å²) in [5.74, 6) is 0. The maximum absolute atomic E-state index is 10.1. The standard InChI is InChI=1S/C18H14O2/c19-17-10-9-15-14-6-5-11-3-1-2-4-12(11)13(14)7-8-16(15)18(17)20/h1-10,17-20H/t17-,18-/m1/s1. The number of hydrogen-bond acceptors (Lipinski definition) is 2. The molecule has 0 heterocycles. The Hall–Kier alpha value is -2.16. The van der Waals surface area contributed by atoms with E-state index in [2.05, 4.69) is 24.3 Å². The summed E-state index contributed by atoms with van der Waals surface area (Å²) in [7, 11) is 0. The SMILES string of the molecule is O[C@@H]1C=Cc2c(ccc3c2ccc2ccccc23)[C@H]1O. The molecule has 98 valence electrons.